The number of oxazole rings is 1. The van der Waals surface area contributed by atoms with Crippen LogP contribution in [0.5, 0.6) is 5.75 Å². The number of carbonyl (C=O) groups is 1. The molecule has 0 aliphatic heterocycles. The fraction of sp³-hybridized carbons (Fsp3) is 0.0870. The number of aryl methyl sites for hydroxylation is 1. The molecular formula is C23H18BrN3O3S. The van der Waals surface area contributed by atoms with E-state index in [2.05, 4.69) is 31.5 Å². The van der Waals surface area contributed by atoms with Crippen LogP contribution in [0.4, 0.5) is 5.69 Å². The smallest absolute Gasteiger partial charge is 0.261 e. The van der Waals surface area contributed by atoms with Crippen LogP contribution in [-0.4, -0.2) is 23.1 Å². The first-order chi connectivity index (χ1) is 14.9. The molecule has 0 atom stereocenters. The summed E-state index contributed by atoms with van der Waals surface area (Å²) in [7, 11) is 1.51. The number of anilines is 1. The Morgan fingerprint density at radius 3 is 2.77 bits per heavy atom. The molecule has 0 aliphatic rings. The number of halogens is 1. The van der Waals surface area contributed by atoms with Gasteiger partial charge in [-0.05, 0) is 73.2 Å². The zero-order chi connectivity index (χ0) is 22.0. The molecule has 0 aliphatic carbocycles. The van der Waals surface area contributed by atoms with Crippen LogP contribution in [0.2, 0.25) is 0 Å². The van der Waals surface area contributed by atoms with Gasteiger partial charge >= 0.3 is 0 Å². The minimum Gasteiger partial charge on any atom is -0.496 e. The summed E-state index contributed by atoms with van der Waals surface area (Å²) in [5.74, 6) is 0.593. The van der Waals surface area contributed by atoms with Crippen molar-refractivity contribution in [1.29, 1.82) is 0 Å². The van der Waals surface area contributed by atoms with E-state index in [-0.39, 0.29) is 11.0 Å². The maximum Gasteiger partial charge on any atom is 0.261 e. The molecule has 31 heavy (non-hydrogen) atoms. The molecular weight excluding hydrogens is 478 g/mol. The number of aromatic nitrogens is 1. The molecule has 156 valence electrons. The Balaban J connectivity index is 1.50. The van der Waals surface area contributed by atoms with Gasteiger partial charge in [-0.3, -0.25) is 10.1 Å². The second-order valence-electron chi connectivity index (χ2n) is 6.82. The molecule has 0 radical (unpaired) electrons. The van der Waals surface area contributed by atoms with Crippen molar-refractivity contribution in [3.63, 3.8) is 0 Å². The van der Waals surface area contributed by atoms with Crippen molar-refractivity contribution < 1.29 is 13.9 Å². The largest absolute Gasteiger partial charge is 0.496 e. The molecule has 3 aromatic carbocycles. The monoisotopic (exact) mass is 495 g/mol. The van der Waals surface area contributed by atoms with Gasteiger partial charge in [-0.15, -0.1) is 0 Å². The fourth-order valence-electron chi connectivity index (χ4n) is 3.08. The predicted octanol–water partition coefficient (Wildman–Crippen LogP) is 5.70. The normalized spacial score (nSPS) is 10.7. The lowest BCUT2D eigenvalue weighted by Crippen LogP contribution is -2.34. The zero-order valence-corrected chi connectivity index (χ0v) is 19.1. The van der Waals surface area contributed by atoms with E-state index in [0.29, 0.717) is 22.9 Å². The molecule has 1 amide bonds. The van der Waals surface area contributed by atoms with Crippen LogP contribution in [0.1, 0.15) is 15.9 Å². The summed E-state index contributed by atoms with van der Waals surface area (Å²) < 4.78 is 11.9. The third-order valence-corrected chi connectivity index (χ3v) is 5.24. The van der Waals surface area contributed by atoms with E-state index in [1.807, 2.05) is 49.4 Å². The number of fused-ring (bicyclic) bond motifs is 1. The molecule has 0 unspecified atom stereocenters. The average Bonchev–Trinajstić information content (AvgIpc) is 3.17. The molecule has 0 bridgehead atoms. The Bertz CT molecular complexity index is 1300. The summed E-state index contributed by atoms with van der Waals surface area (Å²) in [5.41, 5.74) is 4.51. The van der Waals surface area contributed by atoms with Gasteiger partial charge in [-0.1, -0.05) is 28.1 Å². The lowest BCUT2D eigenvalue weighted by molar-refractivity contribution is 0.0974. The van der Waals surface area contributed by atoms with E-state index < -0.39 is 0 Å². The number of thiocarbonyl (C=S) groups is 1. The number of hydrogen-bond acceptors (Lipinski definition) is 5. The van der Waals surface area contributed by atoms with Gasteiger partial charge in [-0.2, -0.15) is 0 Å². The van der Waals surface area contributed by atoms with Gasteiger partial charge in [0.2, 0.25) is 5.89 Å². The van der Waals surface area contributed by atoms with Crippen LogP contribution in [0.3, 0.4) is 0 Å². The summed E-state index contributed by atoms with van der Waals surface area (Å²) in [6.45, 7) is 2.01. The summed E-state index contributed by atoms with van der Waals surface area (Å²) in [5, 5.41) is 5.86. The summed E-state index contributed by atoms with van der Waals surface area (Å²) in [6, 6.07) is 18.5. The number of nitrogens with one attached hydrogen (secondary N) is 2. The Labute approximate surface area is 192 Å². The van der Waals surface area contributed by atoms with Crippen molar-refractivity contribution in [3.05, 3.63) is 76.3 Å². The minimum atomic E-state index is -0.374. The van der Waals surface area contributed by atoms with Gasteiger partial charge in [0.25, 0.3) is 5.91 Å². The third kappa shape index (κ3) is 4.76. The molecule has 4 aromatic rings. The van der Waals surface area contributed by atoms with Crippen molar-refractivity contribution in [3.8, 4) is 17.2 Å². The maximum absolute atomic E-state index is 12.6. The van der Waals surface area contributed by atoms with Crippen LogP contribution in [-0.2, 0) is 0 Å². The Kier molecular flexibility index (Phi) is 6.01. The first-order valence-electron chi connectivity index (χ1n) is 9.36. The second-order valence-corrected chi connectivity index (χ2v) is 8.15. The Morgan fingerprint density at radius 2 is 1.97 bits per heavy atom. The number of methoxy groups -OCH3 is 1. The van der Waals surface area contributed by atoms with E-state index >= 15 is 0 Å². The summed E-state index contributed by atoms with van der Waals surface area (Å²) in [4.78, 5) is 17.2. The van der Waals surface area contributed by atoms with Gasteiger partial charge in [0.05, 0.1) is 12.7 Å². The highest BCUT2D eigenvalue weighted by Gasteiger charge is 2.15. The Hall–Kier alpha value is -3.23. The molecule has 8 heteroatoms. The number of nitrogens with zero attached hydrogens (tertiary/aromatic N) is 1. The van der Waals surface area contributed by atoms with Crippen molar-refractivity contribution in [1.82, 2.24) is 10.3 Å². The summed E-state index contributed by atoms with van der Waals surface area (Å²) in [6.07, 6.45) is 0. The van der Waals surface area contributed by atoms with Crippen molar-refractivity contribution >= 4 is 56.0 Å². The van der Waals surface area contributed by atoms with Crippen LogP contribution in [0.15, 0.2) is 69.6 Å². The lowest BCUT2D eigenvalue weighted by Gasteiger charge is -2.12. The van der Waals surface area contributed by atoms with Gasteiger partial charge < -0.3 is 14.5 Å². The quantitative estimate of drug-likeness (QED) is 0.353. The standard InChI is InChI=1S/C23H18BrN3O3S/c1-13-6-8-20-18(10-13)26-22(30-20)14-4-3-5-16(11-14)25-23(31)27-21(28)17-12-15(24)7-9-19(17)29-2/h3-12H,1-2H3,(H2,25,27,28,31). The molecule has 2 N–H and O–H groups in total. The molecule has 6 nitrogen and oxygen atoms in total. The number of ether oxygens (including phenoxy) is 1. The van der Waals surface area contributed by atoms with Gasteiger partial charge in [0.15, 0.2) is 10.7 Å². The molecule has 1 heterocycles. The van der Waals surface area contributed by atoms with E-state index in [4.69, 9.17) is 21.4 Å². The number of benzene rings is 3. The van der Waals surface area contributed by atoms with E-state index in [1.165, 1.54) is 7.11 Å². The molecule has 0 saturated heterocycles. The van der Waals surface area contributed by atoms with Gasteiger partial charge in [-0.25, -0.2) is 4.98 Å². The minimum absolute atomic E-state index is 0.164. The van der Waals surface area contributed by atoms with Crippen LogP contribution < -0.4 is 15.4 Å². The third-order valence-electron chi connectivity index (χ3n) is 4.54. The molecule has 0 spiro atoms. The maximum atomic E-state index is 12.6. The van der Waals surface area contributed by atoms with Gasteiger partial charge in [0.1, 0.15) is 11.3 Å². The van der Waals surface area contributed by atoms with E-state index in [9.17, 15) is 4.79 Å². The first-order valence-corrected chi connectivity index (χ1v) is 10.6. The topological polar surface area (TPSA) is 76.4 Å². The van der Waals surface area contributed by atoms with Crippen molar-refractivity contribution in [2.45, 2.75) is 6.92 Å². The van der Waals surface area contributed by atoms with Crippen molar-refractivity contribution in [2.24, 2.45) is 0 Å². The number of hydrogen-bond donors (Lipinski definition) is 2. The lowest BCUT2D eigenvalue weighted by atomic mass is 10.2. The Morgan fingerprint density at radius 1 is 1.13 bits per heavy atom. The number of carbonyl (C=O) groups excluding carboxylic acids is 1. The van der Waals surface area contributed by atoms with Crippen molar-refractivity contribution in [2.75, 3.05) is 12.4 Å². The van der Waals surface area contributed by atoms with Crippen LogP contribution in [0, 0.1) is 6.92 Å². The van der Waals surface area contributed by atoms with Crippen LogP contribution >= 0.6 is 28.1 Å². The highest BCUT2D eigenvalue weighted by Crippen LogP contribution is 2.27. The highest BCUT2D eigenvalue weighted by atomic mass is 79.9. The zero-order valence-electron chi connectivity index (χ0n) is 16.7. The van der Waals surface area contributed by atoms with E-state index in [0.717, 1.165) is 26.7 Å². The molecule has 4 rings (SSSR count). The summed E-state index contributed by atoms with van der Waals surface area (Å²) >= 11 is 8.68. The second kappa shape index (κ2) is 8.87. The molecule has 0 fully saturated rings. The average molecular weight is 496 g/mol. The SMILES string of the molecule is COc1ccc(Br)cc1C(=O)NC(=S)Nc1cccc(-c2nc3cc(C)ccc3o2)c1. The molecule has 1 aromatic heterocycles. The number of rotatable bonds is 4. The predicted molar refractivity (Wildman–Crippen MR) is 129 cm³/mol. The first kappa shape index (κ1) is 21.0. The molecule has 0 saturated carbocycles. The highest BCUT2D eigenvalue weighted by molar-refractivity contribution is 9.10. The van der Waals surface area contributed by atoms with E-state index in [1.54, 1.807) is 18.2 Å². The fourth-order valence-corrected chi connectivity index (χ4v) is 3.65. The van der Waals surface area contributed by atoms with Gasteiger partial charge in [0, 0.05) is 15.7 Å². The van der Waals surface area contributed by atoms with Crippen LogP contribution in [0.25, 0.3) is 22.6 Å². The number of amides is 1.